The normalized spacial score (nSPS) is 16.3. The Bertz CT molecular complexity index is 704. The average Bonchev–Trinajstić information content (AvgIpc) is 2.54. The van der Waals surface area contributed by atoms with Crippen LogP contribution in [0.15, 0.2) is 41.3 Å². The van der Waals surface area contributed by atoms with Crippen molar-refractivity contribution in [3.8, 4) is 0 Å². The molecule has 0 unspecified atom stereocenters. The first-order valence-corrected chi connectivity index (χ1v) is 8.64. The molecule has 1 aliphatic rings. The van der Waals surface area contributed by atoms with Crippen LogP contribution in [-0.2, 0) is 19.6 Å². The summed E-state index contributed by atoms with van der Waals surface area (Å²) in [6.45, 7) is 1.05. The molecule has 1 aromatic carbocycles. The van der Waals surface area contributed by atoms with E-state index in [-0.39, 0.29) is 4.90 Å². The fourth-order valence-electron chi connectivity index (χ4n) is 2.29. The third kappa shape index (κ3) is 4.64. The molecule has 1 fully saturated rings. The molecule has 0 spiro atoms. The van der Waals surface area contributed by atoms with Gasteiger partial charge in [0.1, 0.15) is 0 Å². The number of sulfonamides is 1. The Morgan fingerprint density at radius 3 is 2.22 bits per heavy atom. The lowest BCUT2D eigenvalue weighted by Gasteiger charge is -2.25. The molecule has 23 heavy (non-hydrogen) atoms. The van der Waals surface area contributed by atoms with E-state index in [1.807, 2.05) is 0 Å². The number of carboxylic acids is 1. The number of rotatable bonds is 5. The van der Waals surface area contributed by atoms with Gasteiger partial charge in [-0.15, -0.1) is 0 Å². The van der Waals surface area contributed by atoms with Gasteiger partial charge in [0, 0.05) is 24.9 Å². The Kier molecular flexibility index (Phi) is 5.51. The van der Waals surface area contributed by atoms with Crippen molar-refractivity contribution in [3.05, 3.63) is 36.4 Å². The van der Waals surface area contributed by atoms with Crippen molar-refractivity contribution < 1.29 is 23.1 Å². The van der Waals surface area contributed by atoms with Gasteiger partial charge in [0.15, 0.2) is 0 Å². The van der Waals surface area contributed by atoms with E-state index in [4.69, 9.17) is 0 Å². The van der Waals surface area contributed by atoms with Gasteiger partial charge in [0.05, 0.1) is 10.9 Å². The number of carboxylic acid groups (broad SMARTS) is 1. The van der Waals surface area contributed by atoms with Gasteiger partial charge in [-0.25, -0.2) is 8.42 Å². The quantitative estimate of drug-likeness (QED) is 0.767. The van der Waals surface area contributed by atoms with Gasteiger partial charge < -0.3 is 15.2 Å². The molecule has 8 heteroatoms. The number of anilines is 1. The van der Waals surface area contributed by atoms with E-state index >= 15 is 0 Å². The fourth-order valence-corrected chi connectivity index (χ4v) is 3.81. The van der Waals surface area contributed by atoms with Crippen LogP contribution in [0.4, 0.5) is 5.69 Å². The lowest BCUT2D eigenvalue weighted by molar-refractivity contribution is -0.297. The minimum Gasteiger partial charge on any atom is -0.545 e. The Morgan fingerprint density at radius 2 is 1.65 bits per heavy atom. The van der Waals surface area contributed by atoms with Crippen molar-refractivity contribution in [2.45, 2.75) is 24.2 Å². The third-order valence-electron chi connectivity index (χ3n) is 3.45. The van der Waals surface area contributed by atoms with Crippen molar-refractivity contribution >= 4 is 27.6 Å². The SMILES string of the molecule is O=C([O-])/C=C/C(=O)Nc1ccc(S(=O)(=O)N2CCCCC2)cc1. The Hall–Kier alpha value is -2.19. The summed E-state index contributed by atoms with van der Waals surface area (Å²) in [5, 5.41) is 12.6. The first-order chi connectivity index (χ1) is 10.9. The molecule has 0 atom stereocenters. The van der Waals surface area contributed by atoms with Crippen molar-refractivity contribution in [1.29, 1.82) is 0 Å². The second-order valence-corrected chi connectivity index (χ2v) is 7.07. The molecule has 1 aromatic rings. The van der Waals surface area contributed by atoms with Gasteiger partial charge in [0.25, 0.3) is 0 Å². The summed E-state index contributed by atoms with van der Waals surface area (Å²) in [5.74, 6) is -2.11. The molecular weight excluding hydrogens is 320 g/mol. The highest BCUT2D eigenvalue weighted by Gasteiger charge is 2.25. The number of nitrogens with one attached hydrogen (secondary N) is 1. The molecular formula is C15H17N2O5S-. The Labute approximate surface area is 134 Å². The van der Waals surface area contributed by atoms with Crippen molar-refractivity contribution in [3.63, 3.8) is 0 Å². The van der Waals surface area contributed by atoms with E-state index < -0.39 is 21.9 Å². The summed E-state index contributed by atoms with van der Waals surface area (Å²) in [5.41, 5.74) is 0.371. The number of carbonyl (C=O) groups is 2. The second kappa shape index (κ2) is 7.38. The number of nitrogens with zero attached hydrogens (tertiary/aromatic N) is 1. The highest BCUT2D eigenvalue weighted by molar-refractivity contribution is 7.89. The Morgan fingerprint density at radius 1 is 1.04 bits per heavy atom. The van der Waals surface area contributed by atoms with Crippen LogP contribution in [0.5, 0.6) is 0 Å². The van der Waals surface area contributed by atoms with Crippen molar-refractivity contribution in [2.24, 2.45) is 0 Å². The maximum Gasteiger partial charge on any atom is 0.248 e. The minimum absolute atomic E-state index is 0.169. The third-order valence-corrected chi connectivity index (χ3v) is 5.36. The molecule has 1 amide bonds. The summed E-state index contributed by atoms with van der Waals surface area (Å²) in [6, 6.07) is 5.76. The van der Waals surface area contributed by atoms with Gasteiger partial charge >= 0.3 is 0 Å². The molecule has 0 radical (unpaired) electrons. The monoisotopic (exact) mass is 337 g/mol. The number of piperidine rings is 1. The topological polar surface area (TPSA) is 107 Å². The maximum absolute atomic E-state index is 12.5. The van der Waals surface area contributed by atoms with Crippen LogP contribution in [0.25, 0.3) is 0 Å². The molecule has 2 rings (SSSR count). The van der Waals surface area contributed by atoms with E-state index in [2.05, 4.69) is 5.32 Å². The number of aliphatic carboxylic acids is 1. The molecule has 0 bridgehead atoms. The summed E-state index contributed by atoms with van der Waals surface area (Å²) in [7, 11) is -3.51. The smallest absolute Gasteiger partial charge is 0.248 e. The molecule has 0 aliphatic carbocycles. The molecule has 0 saturated carbocycles. The number of amides is 1. The van der Waals surface area contributed by atoms with Crippen LogP contribution in [0.1, 0.15) is 19.3 Å². The Balaban J connectivity index is 2.07. The lowest BCUT2D eigenvalue weighted by Crippen LogP contribution is -2.35. The fraction of sp³-hybridized carbons (Fsp3) is 0.333. The van der Waals surface area contributed by atoms with Crippen LogP contribution in [0, 0.1) is 0 Å². The highest BCUT2D eigenvalue weighted by Crippen LogP contribution is 2.21. The molecule has 1 aliphatic heterocycles. The van der Waals surface area contributed by atoms with E-state index in [1.54, 1.807) is 0 Å². The molecule has 1 heterocycles. The van der Waals surface area contributed by atoms with Crippen LogP contribution in [-0.4, -0.2) is 37.7 Å². The molecule has 1 N–H and O–H groups in total. The molecule has 7 nitrogen and oxygen atoms in total. The van der Waals surface area contributed by atoms with Gasteiger partial charge in [-0.05, 0) is 43.2 Å². The van der Waals surface area contributed by atoms with Gasteiger partial charge in [-0.1, -0.05) is 6.42 Å². The zero-order valence-corrected chi connectivity index (χ0v) is 13.2. The maximum atomic E-state index is 12.5. The minimum atomic E-state index is -3.51. The van der Waals surface area contributed by atoms with E-state index in [9.17, 15) is 23.1 Å². The van der Waals surface area contributed by atoms with E-state index in [0.717, 1.165) is 25.3 Å². The van der Waals surface area contributed by atoms with Crippen molar-refractivity contribution in [2.75, 3.05) is 18.4 Å². The van der Waals surface area contributed by atoms with E-state index in [1.165, 1.54) is 28.6 Å². The van der Waals surface area contributed by atoms with Gasteiger partial charge in [0.2, 0.25) is 15.9 Å². The first kappa shape index (κ1) is 17.2. The number of hydrogen-bond acceptors (Lipinski definition) is 5. The number of hydrogen-bond donors (Lipinski definition) is 1. The highest BCUT2D eigenvalue weighted by atomic mass is 32.2. The summed E-state index contributed by atoms with van der Waals surface area (Å²) in [6.07, 6.45) is 4.20. The van der Waals surface area contributed by atoms with Crippen LogP contribution in [0.2, 0.25) is 0 Å². The number of carbonyl (C=O) groups excluding carboxylic acids is 2. The molecule has 124 valence electrons. The van der Waals surface area contributed by atoms with Gasteiger partial charge in [-0.3, -0.25) is 4.79 Å². The molecule has 1 saturated heterocycles. The zero-order valence-electron chi connectivity index (χ0n) is 12.4. The van der Waals surface area contributed by atoms with E-state index in [0.29, 0.717) is 24.9 Å². The second-order valence-electron chi connectivity index (χ2n) is 5.13. The summed E-state index contributed by atoms with van der Waals surface area (Å²) < 4.78 is 26.4. The van der Waals surface area contributed by atoms with Crippen LogP contribution in [0.3, 0.4) is 0 Å². The lowest BCUT2D eigenvalue weighted by atomic mass is 10.2. The zero-order chi connectivity index (χ0) is 16.9. The van der Waals surface area contributed by atoms with Crippen LogP contribution >= 0.6 is 0 Å². The first-order valence-electron chi connectivity index (χ1n) is 7.20. The predicted octanol–water partition coefficient (Wildman–Crippen LogP) is 0.106. The standard InChI is InChI=1S/C15H18N2O5S/c18-14(8-9-15(19)20)16-12-4-6-13(7-5-12)23(21,22)17-10-2-1-3-11-17/h4-9H,1-3,10-11H2,(H,16,18)(H,19,20)/p-1/b9-8+. The number of benzene rings is 1. The van der Waals surface area contributed by atoms with Gasteiger partial charge in [-0.2, -0.15) is 4.31 Å². The predicted molar refractivity (Wildman–Crippen MR) is 81.8 cm³/mol. The summed E-state index contributed by atoms with van der Waals surface area (Å²) in [4.78, 5) is 21.8. The average molecular weight is 337 g/mol. The molecule has 0 aromatic heterocycles. The van der Waals surface area contributed by atoms with Crippen LogP contribution < -0.4 is 10.4 Å². The van der Waals surface area contributed by atoms with Crippen molar-refractivity contribution in [1.82, 2.24) is 4.31 Å². The summed E-state index contributed by atoms with van der Waals surface area (Å²) >= 11 is 0. The largest absolute Gasteiger partial charge is 0.545 e.